The molecule has 0 N–H and O–H groups in total. The van der Waals surface area contributed by atoms with Crippen molar-refractivity contribution in [3.05, 3.63) is 125 Å². The summed E-state index contributed by atoms with van der Waals surface area (Å²) in [6.07, 6.45) is 12.7. The van der Waals surface area contributed by atoms with E-state index in [1.165, 1.54) is 81.7 Å². The van der Waals surface area contributed by atoms with Crippen LogP contribution in [0.15, 0.2) is 103 Å². The minimum absolute atomic E-state index is 0.139. The fourth-order valence-electron chi connectivity index (χ4n) is 4.95. The molecule has 4 rings (SSSR count). The van der Waals surface area contributed by atoms with E-state index in [4.69, 9.17) is 18.9 Å². The molecule has 0 aliphatic heterocycles. The monoisotopic (exact) mass is 636 g/mol. The summed E-state index contributed by atoms with van der Waals surface area (Å²) in [7, 11) is 0. The van der Waals surface area contributed by atoms with Gasteiger partial charge >= 0.3 is 17.9 Å². The number of benzene rings is 4. The van der Waals surface area contributed by atoms with Gasteiger partial charge in [-0.05, 0) is 78.7 Å². The van der Waals surface area contributed by atoms with Gasteiger partial charge in [0.15, 0.2) is 0 Å². The second-order valence-electron chi connectivity index (χ2n) is 11.4. The molecular weight excluding hydrogens is 592 g/mol. The maximum Gasteiger partial charge on any atom is 0.343 e. The molecule has 4 aromatic rings. The number of hydrogen-bond acceptors (Lipinski definition) is 7. The molecule has 0 heterocycles. The van der Waals surface area contributed by atoms with Crippen molar-refractivity contribution in [2.45, 2.75) is 77.7 Å². The summed E-state index contributed by atoms with van der Waals surface area (Å²) >= 11 is 0. The third kappa shape index (κ3) is 12.4. The number of hydrogen-bond donors (Lipinski definition) is 0. The molecule has 0 fully saturated rings. The van der Waals surface area contributed by atoms with Crippen molar-refractivity contribution in [3.63, 3.8) is 0 Å². The van der Waals surface area contributed by atoms with Crippen LogP contribution in [0.25, 0.3) is 0 Å². The normalized spacial score (nSPS) is 10.7. The number of carbonyl (C=O) groups is 3. The standard InChI is InChI=1S/C40H44O7/c1-2-3-4-5-6-7-8-9-10-14-28-44-35-24-20-32(21-25-35)39(42)46-36-26-22-33(23-27-36)40(43)47-37-19-15-18-34(29-37)38(41)45-30-31-16-12-11-13-17-31/h11-13,15-27,29H,2-10,14,28,30H2,1H3. The Morgan fingerprint density at radius 2 is 1.04 bits per heavy atom. The fourth-order valence-corrected chi connectivity index (χ4v) is 4.95. The first kappa shape index (κ1) is 35.0. The van der Waals surface area contributed by atoms with Crippen molar-refractivity contribution in [1.29, 1.82) is 0 Å². The highest BCUT2D eigenvalue weighted by Gasteiger charge is 2.14. The van der Waals surface area contributed by atoms with Crippen molar-refractivity contribution in [2.75, 3.05) is 6.61 Å². The molecule has 7 heteroatoms. The summed E-state index contributed by atoms with van der Waals surface area (Å²) in [5.74, 6) is -0.449. The van der Waals surface area contributed by atoms with Gasteiger partial charge in [-0.3, -0.25) is 0 Å². The van der Waals surface area contributed by atoms with Gasteiger partial charge in [-0.2, -0.15) is 0 Å². The van der Waals surface area contributed by atoms with Gasteiger partial charge in [0.2, 0.25) is 0 Å². The Morgan fingerprint density at radius 3 is 1.66 bits per heavy atom. The molecule has 0 aliphatic carbocycles. The lowest BCUT2D eigenvalue weighted by Gasteiger charge is -2.09. The first-order valence-corrected chi connectivity index (χ1v) is 16.6. The molecule has 0 aliphatic rings. The highest BCUT2D eigenvalue weighted by Crippen LogP contribution is 2.20. The van der Waals surface area contributed by atoms with Crippen LogP contribution in [-0.4, -0.2) is 24.5 Å². The maximum absolute atomic E-state index is 12.7. The molecule has 0 radical (unpaired) electrons. The average Bonchev–Trinajstić information content (AvgIpc) is 3.10. The molecule has 0 spiro atoms. The Balaban J connectivity index is 1.16. The van der Waals surface area contributed by atoms with E-state index >= 15 is 0 Å². The van der Waals surface area contributed by atoms with Crippen LogP contribution >= 0.6 is 0 Å². The van der Waals surface area contributed by atoms with E-state index in [0.717, 1.165) is 24.2 Å². The molecule has 0 saturated heterocycles. The van der Waals surface area contributed by atoms with Gasteiger partial charge in [0.1, 0.15) is 23.9 Å². The van der Waals surface area contributed by atoms with E-state index in [-0.39, 0.29) is 29.2 Å². The molecular formula is C40H44O7. The summed E-state index contributed by atoms with van der Waals surface area (Å²) in [6, 6.07) is 28.5. The lowest BCUT2D eigenvalue weighted by molar-refractivity contribution is 0.0470. The molecule has 0 amide bonds. The summed E-state index contributed by atoms with van der Waals surface area (Å²) in [5.41, 5.74) is 1.78. The molecule has 7 nitrogen and oxygen atoms in total. The van der Waals surface area contributed by atoms with E-state index in [2.05, 4.69) is 6.92 Å². The highest BCUT2D eigenvalue weighted by molar-refractivity contribution is 5.93. The molecule has 0 unspecified atom stereocenters. The lowest BCUT2D eigenvalue weighted by Crippen LogP contribution is -2.11. The van der Waals surface area contributed by atoms with E-state index in [9.17, 15) is 14.4 Å². The Morgan fingerprint density at radius 1 is 0.489 bits per heavy atom. The maximum atomic E-state index is 12.7. The zero-order valence-electron chi connectivity index (χ0n) is 27.2. The van der Waals surface area contributed by atoms with Gasteiger partial charge < -0.3 is 18.9 Å². The Hall–Kier alpha value is -4.91. The SMILES string of the molecule is CCCCCCCCCCCCOc1ccc(C(=O)Oc2ccc(C(=O)Oc3cccc(C(=O)OCc4ccccc4)c3)cc2)cc1. The predicted octanol–water partition coefficient (Wildman–Crippen LogP) is 9.78. The molecule has 0 saturated carbocycles. The number of carbonyl (C=O) groups excluding carboxylic acids is 3. The van der Waals surface area contributed by atoms with Crippen LogP contribution < -0.4 is 14.2 Å². The molecule has 0 bridgehead atoms. The molecule has 0 atom stereocenters. The van der Waals surface area contributed by atoms with Crippen molar-refractivity contribution >= 4 is 17.9 Å². The van der Waals surface area contributed by atoms with Crippen LogP contribution in [0.4, 0.5) is 0 Å². The lowest BCUT2D eigenvalue weighted by atomic mass is 10.1. The fraction of sp³-hybridized carbons (Fsp3) is 0.325. The Labute approximate surface area is 277 Å². The average molecular weight is 637 g/mol. The minimum Gasteiger partial charge on any atom is -0.494 e. The Bertz CT molecular complexity index is 1530. The molecule has 4 aromatic carbocycles. The van der Waals surface area contributed by atoms with Gasteiger partial charge in [-0.15, -0.1) is 0 Å². The molecule has 246 valence electrons. The van der Waals surface area contributed by atoms with Gasteiger partial charge in [0.25, 0.3) is 0 Å². The van der Waals surface area contributed by atoms with Crippen molar-refractivity contribution in [1.82, 2.24) is 0 Å². The van der Waals surface area contributed by atoms with Crippen LogP contribution in [0.3, 0.4) is 0 Å². The van der Waals surface area contributed by atoms with E-state index in [1.807, 2.05) is 30.3 Å². The quantitative estimate of drug-likeness (QED) is 0.0575. The predicted molar refractivity (Wildman–Crippen MR) is 182 cm³/mol. The van der Waals surface area contributed by atoms with Crippen LogP contribution in [0.5, 0.6) is 17.2 Å². The van der Waals surface area contributed by atoms with Crippen LogP contribution in [0.2, 0.25) is 0 Å². The number of rotatable bonds is 19. The summed E-state index contributed by atoms with van der Waals surface area (Å²) < 4.78 is 22.1. The van der Waals surface area contributed by atoms with Crippen molar-refractivity contribution in [3.8, 4) is 17.2 Å². The van der Waals surface area contributed by atoms with Crippen LogP contribution in [0, 0.1) is 0 Å². The van der Waals surface area contributed by atoms with Gasteiger partial charge in [-0.1, -0.05) is 101 Å². The van der Waals surface area contributed by atoms with E-state index in [0.29, 0.717) is 12.2 Å². The van der Waals surface area contributed by atoms with Gasteiger partial charge in [0, 0.05) is 0 Å². The largest absolute Gasteiger partial charge is 0.494 e. The second kappa shape index (κ2) is 19.6. The molecule has 47 heavy (non-hydrogen) atoms. The van der Waals surface area contributed by atoms with Crippen molar-refractivity contribution in [2.24, 2.45) is 0 Å². The Kier molecular flexibility index (Phi) is 14.6. The van der Waals surface area contributed by atoms with Crippen molar-refractivity contribution < 1.29 is 33.3 Å². The third-order valence-electron chi connectivity index (χ3n) is 7.65. The first-order valence-electron chi connectivity index (χ1n) is 16.6. The zero-order valence-corrected chi connectivity index (χ0v) is 27.2. The number of unbranched alkanes of at least 4 members (excludes halogenated alkanes) is 9. The zero-order chi connectivity index (χ0) is 33.1. The van der Waals surface area contributed by atoms with Gasteiger partial charge in [-0.25, -0.2) is 14.4 Å². The number of esters is 3. The smallest absolute Gasteiger partial charge is 0.343 e. The topological polar surface area (TPSA) is 88.1 Å². The number of ether oxygens (including phenoxy) is 4. The summed E-state index contributed by atoms with van der Waals surface area (Å²) in [4.78, 5) is 37.9. The van der Waals surface area contributed by atoms with E-state index in [1.54, 1.807) is 42.5 Å². The van der Waals surface area contributed by atoms with Gasteiger partial charge in [0.05, 0.1) is 23.3 Å². The molecule has 0 aromatic heterocycles. The van der Waals surface area contributed by atoms with Crippen LogP contribution in [-0.2, 0) is 11.3 Å². The second-order valence-corrected chi connectivity index (χ2v) is 11.4. The highest BCUT2D eigenvalue weighted by atomic mass is 16.5. The minimum atomic E-state index is -0.619. The summed E-state index contributed by atoms with van der Waals surface area (Å²) in [6.45, 7) is 3.04. The summed E-state index contributed by atoms with van der Waals surface area (Å²) in [5, 5.41) is 0. The third-order valence-corrected chi connectivity index (χ3v) is 7.65. The van der Waals surface area contributed by atoms with E-state index < -0.39 is 17.9 Å². The first-order chi connectivity index (χ1) is 23.0. The van der Waals surface area contributed by atoms with Crippen LogP contribution in [0.1, 0.15) is 108 Å².